The molecule has 1 fully saturated rings. The number of ether oxygens (including phenoxy) is 1. The third-order valence-electron chi connectivity index (χ3n) is 5.40. The molecule has 142 valence electrons. The minimum atomic E-state index is -0.00319. The second-order valence-electron chi connectivity index (χ2n) is 7.32. The fourth-order valence-electron chi connectivity index (χ4n) is 3.76. The van der Waals surface area contributed by atoms with E-state index in [2.05, 4.69) is 33.2 Å². The van der Waals surface area contributed by atoms with Crippen molar-refractivity contribution >= 4 is 17.4 Å². The summed E-state index contributed by atoms with van der Waals surface area (Å²) in [7, 11) is 2.14. The lowest BCUT2D eigenvalue weighted by atomic mass is 9.90. The van der Waals surface area contributed by atoms with Crippen molar-refractivity contribution in [3.05, 3.63) is 48.2 Å². The molecule has 27 heavy (non-hydrogen) atoms. The lowest BCUT2D eigenvalue weighted by Crippen LogP contribution is -2.44. The Bertz CT molecular complexity index is 785. The van der Waals surface area contributed by atoms with E-state index in [1.807, 2.05) is 36.5 Å². The molecular weight excluding hydrogens is 340 g/mol. The first-order chi connectivity index (χ1) is 13.2. The molecule has 0 aliphatic carbocycles. The summed E-state index contributed by atoms with van der Waals surface area (Å²) in [5, 5.41) is 2.94. The number of benzene rings is 1. The highest BCUT2D eigenvalue weighted by molar-refractivity contribution is 5.90. The van der Waals surface area contributed by atoms with Gasteiger partial charge in [-0.25, -0.2) is 4.98 Å². The maximum absolute atomic E-state index is 12.5. The molecule has 2 aromatic rings. The Morgan fingerprint density at radius 2 is 2.00 bits per heavy atom. The minimum Gasteiger partial charge on any atom is -0.493 e. The number of likely N-dealkylation sites (N-methyl/N-ethyl adjacent to an activating group) is 1. The number of carbonyl (C=O) groups is 1. The zero-order valence-electron chi connectivity index (χ0n) is 15.7. The second kappa shape index (κ2) is 7.96. The summed E-state index contributed by atoms with van der Waals surface area (Å²) in [6, 6.07) is 11.9. The molecule has 6 nitrogen and oxygen atoms in total. The summed E-state index contributed by atoms with van der Waals surface area (Å²) < 4.78 is 5.68. The number of amides is 1. The quantitative estimate of drug-likeness (QED) is 0.902. The molecule has 1 aromatic carbocycles. The highest BCUT2D eigenvalue weighted by atomic mass is 16.5. The van der Waals surface area contributed by atoms with E-state index in [0.29, 0.717) is 18.8 Å². The van der Waals surface area contributed by atoms with Crippen LogP contribution in [-0.4, -0.2) is 55.6 Å². The molecule has 1 atom stereocenters. The molecule has 1 amide bonds. The smallest absolute Gasteiger partial charge is 0.226 e. The molecule has 0 radical (unpaired) electrons. The number of aromatic nitrogens is 1. The normalized spacial score (nSPS) is 19.9. The van der Waals surface area contributed by atoms with Gasteiger partial charge >= 0.3 is 0 Å². The first kappa shape index (κ1) is 17.8. The van der Waals surface area contributed by atoms with Crippen LogP contribution in [0.15, 0.2) is 42.6 Å². The molecule has 0 spiro atoms. The van der Waals surface area contributed by atoms with Crippen molar-refractivity contribution in [3.8, 4) is 5.75 Å². The van der Waals surface area contributed by atoms with Crippen LogP contribution in [0.3, 0.4) is 0 Å². The SMILES string of the molecule is CN1CCN(c2ccc(NC(=O)CC3CCOc4ccccc43)nc2)CC1. The van der Waals surface area contributed by atoms with Gasteiger partial charge < -0.3 is 19.9 Å². The summed E-state index contributed by atoms with van der Waals surface area (Å²) in [5.41, 5.74) is 2.23. The molecule has 1 unspecified atom stereocenters. The zero-order chi connectivity index (χ0) is 18.6. The van der Waals surface area contributed by atoms with Gasteiger partial charge in [0.05, 0.1) is 18.5 Å². The molecule has 0 bridgehead atoms. The number of fused-ring (bicyclic) bond motifs is 1. The number of anilines is 2. The van der Waals surface area contributed by atoms with Crippen LogP contribution in [0.2, 0.25) is 0 Å². The predicted octanol–water partition coefficient (Wildman–Crippen LogP) is 2.73. The lowest BCUT2D eigenvalue weighted by molar-refractivity contribution is -0.116. The third kappa shape index (κ3) is 4.22. The van der Waals surface area contributed by atoms with Crippen LogP contribution in [0.4, 0.5) is 11.5 Å². The fourth-order valence-corrected chi connectivity index (χ4v) is 3.76. The van der Waals surface area contributed by atoms with Crippen molar-refractivity contribution in [2.45, 2.75) is 18.8 Å². The van der Waals surface area contributed by atoms with Gasteiger partial charge in [-0.3, -0.25) is 4.79 Å². The Balaban J connectivity index is 1.35. The number of rotatable bonds is 4. The van der Waals surface area contributed by atoms with Crippen LogP contribution in [0.5, 0.6) is 5.75 Å². The standard InChI is InChI=1S/C21H26N4O2/c1-24-9-11-25(12-10-24)17-6-7-20(22-15-17)23-21(26)14-16-8-13-27-19-5-3-2-4-18(16)19/h2-7,15-16H,8-14H2,1H3,(H,22,23,26). The fraction of sp³-hybridized carbons (Fsp3) is 0.429. The number of hydrogen-bond donors (Lipinski definition) is 1. The van der Waals surface area contributed by atoms with Crippen molar-refractivity contribution in [2.24, 2.45) is 0 Å². The van der Waals surface area contributed by atoms with E-state index >= 15 is 0 Å². The summed E-state index contributed by atoms with van der Waals surface area (Å²) in [6.45, 7) is 4.79. The molecule has 1 saturated heterocycles. The van der Waals surface area contributed by atoms with Gasteiger partial charge in [0.1, 0.15) is 11.6 Å². The van der Waals surface area contributed by atoms with Crippen LogP contribution in [0, 0.1) is 0 Å². The number of para-hydroxylation sites is 1. The van der Waals surface area contributed by atoms with Gasteiger partial charge in [0.25, 0.3) is 0 Å². The average molecular weight is 366 g/mol. The van der Waals surface area contributed by atoms with Gasteiger partial charge in [0, 0.05) is 32.6 Å². The topological polar surface area (TPSA) is 57.7 Å². The highest BCUT2D eigenvalue weighted by Gasteiger charge is 2.23. The Labute approximate surface area is 160 Å². The minimum absolute atomic E-state index is 0.00319. The van der Waals surface area contributed by atoms with E-state index in [1.165, 1.54) is 0 Å². The van der Waals surface area contributed by atoms with E-state index in [4.69, 9.17) is 4.74 Å². The summed E-state index contributed by atoms with van der Waals surface area (Å²) in [5.74, 6) is 1.70. The molecule has 4 rings (SSSR count). The number of piperazine rings is 1. The summed E-state index contributed by atoms with van der Waals surface area (Å²) in [6.07, 6.45) is 3.16. The Kier molecular flexibility index (Phi) is 5.25. The molecule has 1 aromatic heterocycles. The van der Waals surface area contributed by atoms with E-state index in [9.17, 15) is 4.79 Å². The molecule has 2 aliphatic heterocycles. The molecular formula is C21H26N4O2. The van der Waals surface area contributed by atoms with E-state index in [-0.39, 0.29) is 11.8 Å². The maximum Gasteiger partial charge on any atom is 0.226 e. The largest absolute Gasteiger partial charge is 0.493 e. The number of pyridine rings is 1. The monoisotopic (exact) mass is 366 g/mol. The van der Waals surface area contributed by atoms with Gasteiger partial charge in [-0.05, 0) is 43.1 Å². The average Bonchev–Trinajstić information content (AvgIpc) is 2.69. The number of nitrogens with one attached hydrogen (secondary N) is 1. The van der Waals surface area contributed by atoms with Gasteiger partial charge in [-0.1, -0.05) is 18.2 Å². The van der Waals surface area contributed by atoms with Gasteiger partial charge in [0.15, 0.2) is 0 Å². The summed E-state index contributed by atoms with van der Waals surface area (Å²) >= 11 is 0. The Morgan fingerprint density at radius 1 is 1.19 bits per heavy atom. The lowest BCUT2D eigenvalue weighted by Gasteiger charge is -2.33. The first-order valence-corrected chi connectivity index (χ1v) is 9.60. The van der Waals surface area contributed by atoms with Crippen molar-refractivity contribution in [1.29, 1.82) is 0 Å². The van der Waals surface area contributed by atoms with Crippen LogP contribution < -0.4 is 15.0 Å². The highest BCUT2D eigenvalue weighted by Crippen LogP contribution is 2.35. The summed E-state index contributed by atoms with van der Waals surface area (Å²) in [4.78, 5) is 21.6. The van der Waals surface area contributed by atoms with Crippen molar-refractivity contribution < 1.29 is 9.53 Å². The van der Waals surface area contributed by atoms with Crippen LogP contribution in [0.1, 0.15) is 24.3 Å². The van der Waals surface area contributed by atoms with Gasteiger partial charge in [-0.15, -0.1) is 0 Å². The van der Waals surface area contributed by atoms with E-state index in [0.717, 1.165) is 49.6 Å². The predicted molar refractivity (Wildman–Crippen MR) is 106 cm³/mol. The zero-order valence-corrected chi connectivity index (χ0v) is 15.7. The Morgan fingerprint density at radius 3 is 2.78 bits per heavy atom. The molecule has 3 heterocycles. The van der Waals surface area contributed by atoms with Crippen LogP contribution >= 0.6 is 0 Å². The number of nitrogens with zero attached hydrogens (tertiary/aromatic N) is 3. The van der Waals surface area contributed by atoms with Crippen molar-refractivity contribution in [3.63, 3.8) is 0 Å². The number of carbonyl (C=O) groups excluding carboxylic acids is 1. The maximum atomic E-state index is 12.5. The number of hydrogen-bond acceptors (Lipinski definition) is 5. The van der Waals surface area contributed by atoms with Crippen LogP contribution in [-0.2, 0) is 4.79 Å². The van der Waals surface area contributed by atoms with Crippen molar-refractivity contribution in [2.75, 3.05) is 50.1 Å². The molecule has 1 N–H and O–H groups in total. The van der Waals surface area contributed by atoms with E-state index < -0.39 is 0 Å². The van der Waals surface area contributed by atoms with E-state index in [1.54, 1.807) is 0 Å². The third-order valence-corrected chi connectivity index (χ3v) is 5.40. The molecule has 2 aliphatic rings. The molecule has 0 saturated carbocycles. The van der Waals surface area contributed by atoms with Crippen LogP contribution in [0.25, 0.3) is 0 Å². The van der Waals surface area contributed by atoms with Gasteiger partial charge in [-0.2, -0.15) is 0 Å². The first-order valence-electron chi connectivity index (χ1n) is 9.60. The van der Waals surface area contributed by atoms with Gasteiger partial charge in [0.2, 0.25) is 5.91 Å². The van der Waals surface area contributed by atoms with Crippen molar-refractivity contribution in [1.82, 2.24) is 9.88 Å². The second-order valence-corrected chi connectivity index (χ2v) is 7.32. The Hall–Kier alpha value is -2.60. The molecule has 6 heteroatoms.